The standard InChI is InChI=1S/C22H27N3O2/c1-17-9-11-19(12-10-17)24-22(27)21(18-7-3-2-4-8-18)23-14-13-20(26)25-15-5-6-16-25/h2-4,7-12,21,23H,5-6,13-16H2,1H3,(H,24,27)/t21-/m0/s1. The number of amides is 2. The number of rotatable bonds is 7. The molecule has 5 heteroatoms. The molecular formula is C22H27N3O2. The van der Waals surface area contributed by atoms with Gasteiger partial charge in [-0.3, -0.25) is 9.59 Å². The number of carbonyl (C=O) groups excluding carboxylic acids is 2. The highest BCUT2D eigenvalue weighted by molar-refractivity contribution is 5.95. The van der Waals surface area contributed by atoms with Crippen LogP contribution in [0, 0.1) is 6.92 Å². The minimum Gasteiger partial charge on any atom is -0.343 e. The van der Waals surface area contributed by atoms with Crippen molar-refractivity contribution in [3.8, 4) is 0 Å². The molecule has 27 heavy (non-hydrogen) atoms. The van der Waals surface area contributed by atoms with Gasteiger partial charge in [-0.15, -0.1) is 0 Å². The molecule has 2 N–H and O–H groups in total. The SMILES string of the molecule is Cc1ccc(NC(=O)[C@@H](NCCC(=O)N2CCCC2)c2ccccc2)cc1. The van der Waals surface area contributed by atoms with Crippen molar-refractivity contribution >= 4 is 17.5 Å². The van der Waals surface area contributed by atoms with Gasteiger partial charge in [0.25, 0.3) is 0 Å². The summed E-state index contributed by atoms with van der Waals surface area (Å²) in [5.41, 5.74) is 2.79. The summed E-state index contributed by atoms with van der Waals surface area (Å²) in [5, 5.41) is 6.23. The lowest BCUT2D eigenvalue weighted by Gasteiger charge is -2.20. The van der Waals surface area contributed by atoms with E-state index in [-0.39, 0.29) is 11.8 Å². The Kier molecular flexibility index (Phi) is 6.60. The molecule has 0 aromatic heterocycles. The van der Waals surface area contributed by atoms with Gasteiger partial charge in [0.15, 0.2) is 0 Å². The van der Waals surface area contributed by atoms with Gasteiger partial charge < -0.3 is 15.5 Å². The average Bonchev–Trinajstić information content (AvgIpc) is 3.22. The van der Waals surface area contributed by atoms with Gasteiger partial charge in [0, 0.05) is 31.7 Å². The smallest absolute Gasteiger partial charge is 0.246 e. The first-order valence-electron chi connectivity index (χ1n) is 9.57. The predicted molar refractivity (Wildman–Crippen MR) is 107 cm³/mol. The normalized spacial score (nSPS) is 14.8. The summed E-state index contributed by atoms with van der Waals surface area (Å²) in [4.78, 5) is 27.0. The van der Waals surface area contributed by atoms with E-state index in [9.17, 15) is 9.59 Å². The van der Waals surface area contributed by atoms with Crippen LogP contribution in [0.2, 0.25) is 0 Å². The van der Waals surface area contributed by atoms with Crippen molar-refractivity contribution in [2.45, 2.75) is 32.2 Å². The Balaban J connectivity index is 1.62. The Morgan fingerprint density at radius 2 is 1.67 bits per heavy atom. The van der Waals surface area contributed by atoms with Crippen molar-refractivity contribution in [1.29, 1.82) is 0 Å². The molecule has 2 aromatic carbocycles. The second kappa shape index (κ2) is 9.33. The molecule has 1 aliphatic rings. The van der Waals surface area contributed by atoms with Crippen LogP contribution in [0.4, 0.5) is 5.69 Å². The van der Waals surface area contributed by atoms with E-state index in [0.29, 0.717) is 13.0 Å². The van der Waals surface area contributed by atoms with Crippen LogP contribution in [0.1, 0.15) is 36.4 Å². The van der Waals surface area contributed by atoms with E-state index >= 15 is 0 Å². The van der Waals surface area contributed by atoms with Crippen molar-refractivity contribution in [2.75, 3.05) is 25.0 Å². The lowest BCUT2D eigenvalue weighted by Crippen LogP contribution is -2.36. The Labute approximate surface area is 160 Å². The first-order chi connectivity index (χ1) is 13.1. The Morgan fingerprint density at radius 3 is 2.33 bits per heavy atom. The van der Waals surface area contributed by atoms with Gasteiger partial charge in [0.1, 0.15) is 6.04 Å². The topological polar surface area (TPSA) is 61.4 Å². The summed E-state index contributed by atoms with van der Waals surface area (Å²) in [7, 11) is 0. The van der Waals surface area contributed by atoms with Gasteiger partial charge in [-0.2, -0.15) is 0 Å². The molecule has 0 unspecified atom stereocenters. The van der Waals surface area contributed by atoms with Crippen LogP contribution in [0.15, 0.2) is 54.6 Å². The molecule has 1 fully saturated rings. The van der Waals surface area contributed by atoms with Crippen LogP contribution in [-0.2, 0) is 9.59 Å². The largest absolute Gasteiger partial charge is 0.343 e. The molecule has 1 heterocycles. The van der Waals surface area contributed by atoms with Crippen LogP contribution < -0.4 is 10.6 Å². The highest BCUT2D eigenvalue weighted by Gasteiger charge is 2.22. The van der Waals surface area contributed by atoms with Crippen molar-refractivity contribution in [1.82, 2.24) is 10.2 Å². The number of carbonyl (C=O) groups is 2. The lowest BCUT2D eigenvalue weighted by atomic mass is 10.1. The molecule has 2 aromatic rings. The van der Waals surface area contributed by atoms with Crippen LogP contribution >= 0.6 is 0 Å². The second-order valence-electron chi connectivity index (χ2n) is 6.99. The van der Waals surface area contributed by atoms with Crippen molar-refractivity contribution in [2.24, 2.45) is 0 Å². The van der Waals surface area contributed by atoms with E-state index in [1.165, 1.54) is 0 Å². The molecule has 1 atom stereocenters. The van der Waals surface area contributed by atoms with Crippen LogP contribution in [-0.4, -0.2) is 36.3 Å². The zero-order valence-electron chi connectivity index (χ0n) is 15.8. The summed E-state index contributed by atoms with van der Waals surface area (Å²) in [6.07, 6.45) is 2.58. The highest BCUT2D eigenvalue weighted by atomic mass is 16.2. The highest BCUT2D eigenvalue weighted by Crippen LogP contribution is 2.17. The van der Waals surface area contributed by atoms with E-state index in [1.807, 2.05) is 66.4 Å². The monoisotopic (exact) mass is 365 g/mol. The maximum atomic E-state index is 12.9. The number of likely N-dealkylation sites (tertiary alicyclic amines) is 1. The molecule has 142 valence electrons. The number of hydrogen-bond donors (Lipinski definition) is 2. The van der Waals surface area contributed by atoms with Crippen LogP contribution in [0.3, 0.4) is 0 Å². The van der Waals surface area contributed by atoms with E-state index in [1.54, 1.807) is 0 Å². The summed E-state index contributed by atoms with van der Waals surface area (Å²) >= 11 is 0. The molecule has 0 bridgehead atoms. The molecule has 5 nitrogen and oxygen atoms in total. The van der Waals surface area contributed by atoms with Crippen LogP contribution in [0.25, 0.3) is 0 Å². The number of nitrogens with zero attached hydrogens (tertiary/aromatic N) is 1. The molecule has 1 aliphatic heterocycles. The molecule has 2 amide bonds. The van der Waals surface area contributed by atoms with Gasteiger partial charge in [-0.25, -0.2) is 0 Å². The molecule has 0 aliphatic carbocycles. The van der Waals surface area contributed by atoms with Crippen molar-refractivity contribution in [3.05, 3.63) is 65.7 Å². The zero-order valence-corrected chi connectivity index (χ0v) is 15.8. The number of hydrogen-bond acceptors (Lipinski definition) is 3. The average molecular weight is 365 g/mol. The molecule has 0 radical (unpaired) electrons. The first kappa shape index (κ1) is 19.1. The minimum atomic E-state index is -0.501. The van der Waals surface area contributed by atoms with Crippen molar-refractivity contribution in [3.63, 3.8) is 0 Å². The minimum absolute atomic E-state index is 0.126. The van der Waals surface area contributed by atoms with Gasteiger partial charge in [-0.05, 0) is 37.5 Å². The van der Waals surface area contributed by atoms with Gasteiger partial charge in [-0.1, -0.05) is 48.0 Å². The van der Waals surface area contributed by atoms with E-state index < -0.39 is 6.04 Å². The number of benzene rings is 2. The molecule has 0 spiro atoms. The molecule has 3 rings (SSSR count). The quantitative estimate of drug-likeness (QED) is 0.792. The first-order valence-corrected chi connectivity index (χ1v) is 9.57. The van der Waals surface area contributed by atoms with Crippen molar-refractivity contribution < 1.29 is 9.59 Å². The maximum Gasteiger partial charge on any atom is 0.246 e. The third-order valence-electron chi connectivity index (χ3n) is 4.86. The molecule has 0 saturated carbocycles. The molecular weight excluding hydrogens is 338 g/mol. The molecule has 1 saturated heterocycles. The predicted octanol–water partition coefficient (Wildman–Crippen LogP) is 3.28. The third-order valence-corrected chi connectivity index (χ3v) is 4.86. The van der Waals surface area contributed by atoms with Gasteiger partial charge in [0.2, 0.25) is 11.8 Å². The fraction of sp³-hybridized carbons (Fsp3) is 0.364. The number of anilines is 1. The Morgan fingerprint density at radius 1 is 1.00 bits per heavy atom. The fourth-order valence-corrected chi connectivity index (χ4v) is 3.31. The zero-order chi connectivity index (χ0) is 19.1. The Bertz CT molecular complexity index is 753. The summed E-state index contributed by atoms with van der Waals surface area (Å²) in [6, 6.07) is 16.8. The van der Waals surface area contributed by atoms with Gasteiger partial charge in [0.05, 0.1) is 0 Å². The van der Waals surface area contributed by atoms with E-state index in [4.69, 9.17) is 0 Å². The van der Waals surface area contributed by atoms with E-state index in [0.717, 1.165) is 42.7 Å². The van der Waals surface area contributed by atoms with Crippen LogP contribution in [0.5, 0.6) is 0 Å². The fourth-order valence-electron chi connectivity index (χ4n) is 3.31. The second-order valence-corrected chi connectivity index (χ2v) is 6.99. The summed E-state index contributed by atoms with van der Waals surface area (Å²) in [6.45, 7) is 4.19. The third kappa shape index (κ3) is 5.41. The Hall–Kier alpha value is -2.66. The lowest BCUT2D eigenvalue weighted by molar-refractivity contribution is -0.130. The van der Waals surface area contributed by atoms with E-state index in [2.05, 4.69) is 10.6 Å². The summed E-state index contributed by atoms with van der Waals surface area (Å²) in [5.74, 6) is 0.0319. The summed E-state index contributed by atoms with van der Waals surface area (Å²) < 4.78 is 0. The van der Waals surface area contributed by atoms with Gasteiger partial charge >= 0.3 is 0 Å². The number of aryl methyl sites for hydroxylation is 1. The maximum absolute atomic E-state index is 12.9. The number of nitrogens with one attached hydrogen (secondary N) is 2.